The number of aromatic nitrogens is 1. The first-order valence-electron chi connectivity index (χ1n) is 10.6. The molecule has 0 aliphatic carbocycles. The number of benzene rings is 2. The summed E-state index contributed by atoms with van der Waals surface area (Å²) in [4.78, 5) is 16.7. The van der Waals surface area contributed by atoms with E-state index in [9.17, 15) is 15.0 Å². The lowest BCUT2D eigenvalue weighted by molar-refractivity contribution is 0.0950. The van der Waals surface area contributed by atoms with Gasteiger partial charge in [0, 0.05) is 46.5 Å². The number of nitrogens with one attached hydrogen (secondary N) is 2. The summed E-state index contributed by atoms with van der Waals surface area (Å²) < 4.78 is 0. The molecular weight excluding hydrogens is 440 g/mol. The highest BCUT2D eigenvalue weighted by Gasteiger charge is 2.20. The first-order valence-corrected chi connectivity index (χ1v) is 11.0. The third-order valence-electron chi connectivity index (χ3n) is 5.28. The van der Waals surface area contributed by atoms with Gasteiger partial charge in [-0.05, 0) is 62.2 Å². The second kappa shape index (κ2) is 10.7. The molecule has 1 aromatic heterocycles. The summed E-state index contributed by atoms with van der Waals surface area (Å²) in [5, 5.41) is 27.0. The second-order valence-corrected chi connectivity index (χ2v) is 9.07. The SMILES string of the molecule is CC(C)(Cc1cccc(C(=O)NCc2cc(Cl)ccc2O)c1)NC[C@@H](O)c1ccc(N)nc1. The Morgan fingerprint density at radius 3 is 2.70 bits per heavy atom. The Bertz CT molecular complexity index is 1100. The molecule has 2 aromatic carbocycles. The smallest absolute Gasteiger partial charge is 0.251 e. The molecule has 0 aliphatic rings. The van der Waals surface area contributed by atoms with Gasteiger partial charge in [0.15, 0.2) is 0 Å². The first kappa shape index (κ1) is 24.5. The van der Waals surface area contributed by atoms with Crippen LogP contribution in [0.1, 0.15) is 47.0 Å². The number of halogens is 1. The number of nitrogens with zero attached hydrogens (tertiary/aromatic N) is 1. The predicted molar refractivity (Wildman–Crippen MR) is 130 cm³/mol. The number of hydrogen-bond donors (Lipinski definition) is 5. The lowest BCUT2D eigenvalue weighted by Crippen LogP contribution is -2.43. The molecule has 8 heteroatoms. The second-order valence-electron chi connectivity index (χ2n) is 8.63. The Kier molecular flexibility index (Phi) is 7.92. The highest BCUT2D eigenvalue weighted by atomic mass is 35.5. The number of carbonyl (C=O) groups is 1. The maximum absolute atomic E-state index is 12.6. The Morgan fingerprint density at radius 2 is 1.97 bits per heavy atom. The van der Waals surface area contributed by atoms with Crippen molar-refractivity contribution in [1.82, 2.24) is 15.6 Å². The fourth-order valence-corrected chi connectivity index (χ4v) is 3.67. The molecule has 1 amide bonds. The molecule has 0 unspecified atom stereocenters. The first-order chi connectivity index (χ1) is 15.6. The van der Waals surface area contributed by atoms with E-state index in [1.165, 1.54) is 6.07 Å². The van der Waals surface area contributed by atoms with E-state index in [-0.39, 0.29) is 23.7 Å². The zero-order chi connectivity index (χ0) is 24.0. The molecule has 33 heavy (non-hydrogen) atoms. The highest BCUT2D eigenvalue weighted by Crippen LogP contribution is 2.22. The Hall–Kier alpha value is -3.13. The number of aliphatic hydroxyl groups excluding tert-OH is 1. The maximum Gasteiger partial charge on any atom is 0.251 e. The van der Waals surface area contributed by atoms with Crippen molar-refractivity contribution in [3.8, 4) is 5.75 Å². The summed E-state index contributed by atoms with van der Waals surface area (Å²) >= 11 is 5.96. The van der Waals surface area contributed by atoms with Gasteiger partial charge in [0.2, 0.25) is 0 Å². The molecule has 7 nitrogen and oxygen atoms in total. The van der Waals surface area contributed by atoms with Gasteiger partial charge in [0.25, 0.3) is 5.91 Å². The molecule has 174 valence electrons. The number of phenols is 1. The zero-order valence-corrected chi connectivity index (χ0v) is 19.4. The number of nitrogens with two attached hydrogens (primary N) is 1. The standard InChI is InChI=1S/C25H29ClN4O3/c1-25(2,30-15-22(32)18-6-9-23(27)28-13-18)12-16-4-3-5-17(10-16)24(33)29-14-19-11-20(26)7-8-21(19)31/h3-11,13,22,30-32H,12,14-15H2,1-2H3,(H2,27,28)(H,29,33)/t22-/m1/s1. The number of pyridine rings is 1. The summed E-state index contributed by atoms with van der Waals surface area (Å²) in [6.07, 6.45) is 1.51. The lowest BCUT2D eigenvalue weighted by atomic mass is 9.93. The van der Waals surface area contributed by atoms with Gasteiger partial charge in [-0.3, -0.25) is 4.79 Å². The number of anilines is 1. The van der Waals surface area contributed by atoms with Crippen LogP contribution in [0.4, 0.5) is 5.82 Å². The molecule has 0 radical (unpaired) electrons. The Labute approximate surface area is 198 Å². The molecule has 0 saturated carbocycles. The van der Waals surface area contributed by atoms with Crippen LogP contribution in [0.2, 0.25) is 5.02 Å². The van der Waals surface area contributed by atoms with Crippen molar-refractivity contribution >= 4 is 23.3 Å². The average molecular weight is 469 g/mol. The number of carbonyl (C=O) groups excluding carboxylic acids is 1. The van der Waals surface area contributed by atoms with Gasteiger partial charge >= 0.3 is 0 Å². The summed E-state index contributed by atoms with van der Waals surface area (Å²) in [6, 6.07) is 15.5. The summed E-state index contributed by atoms with van der Waals surface area (Å²) in [6.45, 7) is 4.59. The van der Waals surface area contributed by atoms with E-state index in [1.807, 2.05) is 32.0 Å². The van der Waals surface area contributed by atoms with Crippen LogP contribution in [0.5, 0.6) is 5.75 Å². The molecule has 0 spiro atoms. The average Bonchev–Trinajstić information content (AvgIpc) is 2.78. The van der Waals surface area contributed by atoms with Gasteiger partial charge in [0.1, 0.15) is 11.6 Å². The molecule has 0 bridgehead atoms. The van der Waals surface area contributed by atoms with E-state index in [0.29, 0.717) is 40.5 Å². The van der Waals surface area contributed by atoms with Crippen LogP contribution in [0.3, 0.4) is 0 Å². The minimum atomic E-state index is -0.711. The number of aromatic hydroxyl groups is 1. The third-order valence-corrected chi connectivity index (χ3v) is 5.52. The van der Waals surface area contributed by atoms with E-state index >= 15 is 0 Å². The van der Waals surface area contributed by atoms with Gasteiger partial charge in [-0.1, -0.05) is 29.8 Å². The fraction of sp³-hybridized carbons (Fsp3) is 0.280. The van der Waals surface area contributed by atoms with Crippen molar-refractivity contribution in [2.24, 2.45) is 0 Å². The van der Waals surface area contributed by atoms with Crippen LogP contribution in [0.25, 0.3) is 0 Å². The largest absolute Gasteiger partial charge is 0.508 e. The monoisotopic (exact) mass is 468 g/mol. The highest BCUT2D eigenvalue weighted by molar-refractivity contribution is 6.30. The van der Waals surface area contributed by atoms with Crippen LogP contribution in [-0.4, -0.2) is 33.2 Å². The predicted octanol–water partition coefficient (Wildman–Crippen LogP) is 3.60. The number of rotatable bonds is 9. The number of nitrogen functional groups attached to an aromatic ring is 1. The summed E-state index contributed by atoms with van der Waals surface area (Å²) in [5.74, 6) is 0.249. The molecule has 0 fully saturated rings. The van der Waals surface area contributed by atoms with Crippen molar-refractivity contribution in [1.29, 1.82) is 0 Å². The van der Waals surface area contributed by atoms with Gasteiger partial charge in [0.05, 0.1) is 6.10 Å². The summed E-state index contributed by atoms with van der Waals surface area (Å²) in [5.41, 5.74) is 8.01. The number of amides is 1. The Balaban J connectivity index is 1.58. The molecular formula is C25H29ClN4O3. The van der Waals surface area contributed by atoms with E-state index in [4.69, 9.17) is 17.3 Å². The Morgan fingerprint density at radius 1 is 1.18 bits per heavy atom. The van der Waals surface area contributed by atoms with E-state index < -0.39 is 6.10 Å². The quantitative estimate of drug-likeness (QED) is 0.327. The van der Waals surface area contributed by atoms with Crippen molar-refractivity contribution in [2.75, 3.05) is 12.3 Å². The van der Waals surface area contributed by atoms with Crippen LogP contribution in [-0.2, 0) is 13.0 Å². The van der Waals surface area contributed by atoms with Crippen LogP contribution < -0.4 is 16.4 Å². The van der Waals surface area contributed by atoms with Crippen molar-refractivity contribution < 1.29 is 15.0 Å². The minimum Gasteiger partial charge on any atom is -0.508 e. The maximum atomic E-state index is 12.6. The van der Waals surface area contributed by atoms with E-state index in [0.717, 1.165) is 5.56 Å². The summed E-state index contributed by atoms with van der Waals surface area (Å²) in [7, 11) is 0. The lowest BCUT2D eigenvalue weighted by Gasteiger charge is -2.28. The molecule has 1 heterocycles. The number of β-amino-alcohol motifs (C(OH)–C–C–N with tert-alkyl or cyclic N) is 1. The van der Waals surface area contributed by atoms with Gasteiger partial charge in [-0.25, -0.2) is 4.98 Å². The molecule has 1 atom stereocenters. The number of hydrogen-bond acceptors (Lipinski definition) is 6. The number of aliphatic hydroxyl groups is 1. The normalized spacial score (nSPS) is 12.4. The van der Waals surface area contributed by atoms with Crippen molar-refractivity contribution in [3.63, 3.8) is 0 Å². The van der Waals surface area contributed by atoms with E-state index in [2.05, 4.69) is 15.6 Å². The topological polar surface area (TPSA) is 120 Å². The minimum absolute atomic E-state index is 0.0817. The van der Waals surface area contributed by atoms with Crippen LogP contribution in [0, 0.1) is 0 Å². The molecule has 3 rings (SSSR count). The van der Waals surface area contributed by atoms with Crippen LogP contribution in [0.15, 0.2) is 60.8 Å². The van der Waals surface area contributed by atoms with Crippen molar-refractivity contribution in [2.45, 2.75) is 38.5 Å². The van der Waals surface area contributed by atoms with Gasteiger partial charge < -0.3 is 26.6 Å². The third kappa shape index (κ3) is 7.18. The van der Waals surface area contributed by atoms with Gasteiger partial charge in [-0.2, -0.15) is 0 Å². The zero-order valence-electron chi connectivity index (χ0n) is 18.7. The molecule has 6 N–H and O–H groups in total. The molecule has 0 aliphatic heterocycles. The van der Waals surface area contributed by atoms with Gasteiger partial charge in [-0.15, -0.1) is 0 Å². The van der Waals surface area contributed by atoms with Crippen molar-refractivity contribution in [3.05, 3.63) is 88.1 Å². The molecule has 3 aromatic rings. The molecule has 0 saturated heterocycles. The fourth-order valence-electron chi connectivity index (χ4n) is 3.47. The van der Waals surface area contributed by atoms with Crippen LogP contribution >= 0.6 is 11.6 Å². The van der Waals surface area contributed by atoms with E-state index in [1.54, 1.807) is 36.5 Å². The number of phenolic OH excluding ortho intramolecular Hbond substituents is 1.